The molecular weight excluding hydrogens is 217 g/mol. The fourth-order valence-electron chi connectivity index (χ4n) is 2.09. The lowest BCUT2D eigenvalue weighted by atomic mass is 9.90. The highest BCUT2D eigenvalue weighted by molar-refractivity contribution is 6.32. The van der Waals surface area contributed by atoms with Gasteiger partial charge < -0.3 is 10.4 Å². The number of hydrogen-bond donors (Lipinski definition) is 2. The van der Waals surface area contributed by atoms with Crippen molar-refractivity contribution in [3.63, 3.8) is 0 Å². The van der Waals surface area contributed by atoms with Crippen molar-refractivity contribution < 1.29 is 9.50 Å². The van der Waals surface area contributed by atoms with Gasteiger partial charge in [0.05, 0.1) is 0 Å². The van der Waals surface area contributed by atoms with E-state index in [1.54, 1.807) is 6.07 Å². The molecule has 1 aliphatic heterocycles. The van der Waals surface area contributed by atoms with Gasteiger partial charge in [0.25, 0.3) is 0 Å². The van der Waals surface area contributed by atoms with Crippen LogP contribution in [0, 0.1) is 5.82 Å². The predicted molar refractivity (Wildman–Crippen MR) is 57.7 cm³/mol. The van der Waals surface area contributed by atoms with Crippen LogP contribution in [-0.4, -0.2) is 11.7 Å². The van der Waals surface area contributed by atoms with Gasteiger partial charge in [-0.1, -0.05) is 17.7 Å². The Labute approximate surface area is 93.1 Å². The number of phenols is 1. The van der Waals surface area contributed by atoms with E-state index >= 15 is 0 Å². The smallest absolute Gasteiger partial charge is 0.150 e. The molecule has 0 spiro atoms. The molecule has 2 N–H and O–H groups in total. The number of halogens is 2. The Morgan fingerprint density at radius 2 is 2.27 bits per heavy atom. The van der Waals surface area contributed by atoms with Crippen LogP contribution in [0.4, 0.5) is 4.39 Å². The standard InChI is InChI=1S/C11H13ClFNO/c1-11(5-2-6-14-11)7-3-4-8(15)9(12)10(7)13/h3-4,14-15H,2,5-6H2,1H3. The van der Waals surface area contributed by atoms with Gasteiger partial charge in [0.15, 0.2) is 5.82 Å². The summed E-state index contributed by atoms with van der Waals surface area (Å²) in [5, 5.41) is 12.3. The molecule has 4 heteroatoms. The molecule has 1 fully saturated rings. The summed E-state index contributed by atoms with van der Waals surface area (Å²) in [6, 6.07) is 3.03. The molecule has 1 heterocycles. The van der Waals surface area contributed by atoms with Crippen LogP contribution in [0.2, 0.25) is 5.02 Å². The second-order valence-corrected chi connectivity index (χ2v) is 4.50. The normalized spacial score (nSPS) is 25.8. The van der Waals surface area contributed by atoms with Crippen molar-refractivity contribution in [2.45, 2.75) is 25.3 Å². The van der Waals surface area contributed by atoms with Crippen molar-refractivity contribution in [2.75, 3.05) is 6.54 Å². The molecule has 15 heavy (non-hydrogen) atoms. The van der Waals surface area contributed by atoms with Crippen molar-refractivity contribution in [3.05, 3.63) is 28.5 Å². The Kier molecular flexibility index (Phi) is 2.61. The van der Waals surface area contributed by atoms with Crippen molar-refractivity contribution >= 4 is 11.6 Å². The number of phenolic OH excluding ortho intramolecular Hbond substituents is 1. The van der Waals surface area contributed by atoms with Gasteiger partial charge in [0.2, 0.25) is 0 Å². The fraction of sp³-hybridized carbons (Fsp3) is 0.455. The van der Waals surface area contributed by atoms with Gasteiger partial charge in [-0.05, 0) is 32.4 Å². The van der Waals surface area contributed by atoms with Crippen LogP contribution in [0.5, 0.6) is 5.75 Å². The maximum absolute atomic E-state index is 13.8. The molecule has 2 nitrogen and oxygen atoms in total. The first-order chi connectivity index (χ1) is 7.04. The quantitative estimate of drug-likeness (QED) is 0.776. The molecule has 1 unspecified atom stereocenters. The Bertz CT molecular complexity index is 388. The molecule has 1 atom stereocenters. The van der Waals surface area contributed by atoms with Crippen LogP contribution in [0.15, 0.2) is 12.1 Å². The van der Waals surface area contributed by atoms with Gasteiger partial charge in [-0.15, -0.1) is 0 Å². The molecule has 2 rings (SSSR count). The van der Waals surface area contributed by atoms with Gasteiger partial charge in [0.1, 0.15) is 10.8 Å². The first-order valence-electron chi connectivity index (χ1n) is 4.97. The van der Waals surface area contributed by atoms with Gasteiger partial charge in [-0.2, -0.15) is 0 Å². The Morgan fingerprint density at radius 3 is 2.87 bits per heavy atom. The molecule has 0 bridgehead atoms. The largest absolute Gasteiger partial charge is 0.506 e. The van der Waals surface area contributed by atoms with E-state index in [4.69, 9.17) is 11.6 Å². The number of hydrogen-bond acceptors (Lipinski definition) is 2. The lowest BCUT2D eigenvalue weighted by Crippen LogP contribution is -2.34. The summed E-state index contributed by atoms with van der Waals surface area (Å²) in [5.74, 6) is -0.729. The summed E-state index contributed by atoms with van der Waals surface area (Å²) < 4.78 is 13.8. The van der Waals surface area contributed by atoms with Crippen LogP contribution >= 0.6 is 11.6 Å². The van der Waals surface area contributed by atoms with Crippen LogP contribution in [0.3, 0.4) is 0 Å². The van der Waals surface area contributed by atoms with Crippen LogP contribution < -0.4 is 5.32 Å². The Hall–Kier alpha value is -0.800. The zero-order valence-corrected chi connectivity index (χ0v) is 9.24. The van der Waals surface area contributed by atoms with E-state index < -0.39 is 5.82 Å². The van der Waals surface area contributed by atoms with Gasteiger partial charge in [0, 0.05) is 11.1 Å². The average Bonchev–Trinajstić information content (AvgIpc) is 2.62. The van der Waals surface area contributed by atoms with E-state index in [1.807, 2.05) is 6.92 Å². The summed E-state index contributed by atoms with van der Waals surface area (Å²) in [6.45, 7) is 2.83. The molecular formula is C11H13ClFNO. The van der Waals surface area contributed by atoms with Gasteiger partial charge >= 0.3 is 0 Å². The van der Waals surface area contributed by atoms with Crippen molar-refractivity contribution in [1.29, 1.82) is 0 Å². The molecule has 0 radical (unpaired) electrons. The van der Waals surface area contributed by atoms with E-state index in [0.717, 1.165) is 19.4 Å². The van der Waals surface area contributed by atoms with Crippen LogP contribution in [0.1, 0.15) is 25.3 Å². The van der Waals surface area contributed by atoms with Gasteiger partial charge in [-0.25, -0.2) is 4.39 Å². The molecule has 1 saturated heterocycles. The maximum atomic E-state index is 13.8. The third kappa shape index (κ3) is 1.70. The lowest BCUT2D eigenvalue weighted by Gasteiger charge is -2.25. The monoisotopic (exact) mass is 229 g/mol. The summed E-state index contributed by atoms with van der Waals surface area (Å²) in [4.78, 5) is 0. The average molecular weight is 230 g/mol. The van der Waals surface area contributed by atoms with Crippen LogP contribution in [0.25, 0.3) is 0 Å². The fourth-order valence-corrected chi connectivity index (χ4v) is 2.25. The third-order valence-corrected chi connectivity index (χ3v) is 3.38. The topological polar surface area (TPSA) is 32.3 Å². The summed E-state index contributed by atoms with van der Waals surface area (Å²) in [5.41, 5.74) is 0.171. The van der Waals surface area contributed by atoms with Crippen LogP contribution in [-0.2, 0) is 5.54 Å². The lowest BCUT2D eigenvalue weighted by molar-refractivity contribution is 0.406. The SMILES string of the molecule is CC1(c2ccc(O)c(Cl)c2F)CCCN1. The maximum Gasteiger partial charge on any atom is 0.150 e. The second-order valence-electron chi connectivity index (χ2n) is 4.12. The minimum Gasteiger partial charge on any atom is -0.506 e. The van der Waals surface area contributed by atoms with E-state index in [0.29, 0.717) is 5.56 Å². The summed E-state index contributed by atoms with van der Waals surface area (Å²) in [6.07, 6.45) is 1.90. The predicted octanol–water partition coefficient (Wildman–Crippen LogP) is 2.78. The molecule has 1 aromatic carbocycles. The van der Waals surface area contributed by atoms with Crippen molar-refractivity contribution in [3.8, 4) is 5.75 Å². The summed E-state index contributed by atoms with van der Waals surface area (Å²) in [7, 11) is 0. The van der Waals surface area contributed by atoms with E-state index in [2.05, 4.69) is 5.32 Å². The molecule has 1 aromatic rings. The van der Waals surface area contributed by atoms with Crippen molar-refractivity contribution in [2.24, 2.45) is 0 Å². The first-order valence-corrected chi connectivity index (χ1v) is 5.35. The highest BCUT2D eigenvalue weighted by Crippen LogP contribution is 2.37. The third-order valence-electron chi connectivity index (χ3n) is 3.03. The molecule has 82 valence electrons. The minimum atomic E-state index is -0.520. The van der Waals surface area contributed by atoms with E-state index in [9.17, 15) is 9.50 Å². The molecule has 0 aliphatic carbocycles. The highest BCUT2D eigenvalue weighted by Gasteiger charge is 2.33. The number of rotatable bonds is 1. The highest BCUT2D eigenvalue weighted by atomic mass is 35.5. The minimum absolute atomic E-state index is 0.192. The zero-order chi connectivity index (χ0) is 11.1. The number of aromatic hydroxyl groups is 1. The van der Waals surface area contributed by atoms with Gasteiger partial charge in [-0.3, -0.25) is 0 Å². The molecule has 0 amide bonds. The van der Waals surface area contributed by atoms with Crippen molar-refractivity contribution in [1.82, 2.24) is 5.32 Å². The molecule has 1 aliphatic rings. The number of nitrogens with one attached hydrogen (secondary N) is 1. The zero-order valence-electron chi connectivity index (χ0n) is 8.48. The number of benzene rings is 1. The molecule has 0 aromatic heterocycles. The first kappa shape index (κ1) is 10.7. The van der Waals surface area contributed by atoms with E-state index in [-0.39, 0.29) is 16.3 Å². The summed E-state index contributed by atoms with van der Waals surface area (Å²) >= 11 is 5.67. The molecule has 0 saturated carbocycles. The Balaban J connectivity index is 2.49. The van der Waals surface area contributed by atoms with E-state index in [1.165, 1.54) is 6.07 Å². The second kappa shape index (κ2) is 3.65. The Morgan fingerprint density at radius 1 is 1.53 bits per heavy atom.